The summed E-state index contributed by atoms with van der Waals surface area (Å²) in [7, 11) is 0. The molecule has 0 aromatic heterocycles. The highest BCUT2D eigenvalue weighted by atomic mass is 16.2. The Morgan fingerprint density at radius 1 is 0.815 bits per heavy atom. The average Bonchev–Trinajstić information content (AvgIpc) is 2.70. The van der Waals surface area contributed by atoms with Crippen molar-refractivity contribution < 1.29 is 14.9 Å². The molecule has 4 heteroatoms. The number of anilines is 1. The van der Waals surface area contributed by atoms with Crippen LogP contribution < -0.4 is 10.6 Å². The average molecular weight is 359 g/mol. The Hall–Kier alpha value is -3.24. The fraction of sp³-hybridized carbons (Fsp3) is 0.130. The van der Waals surface area contributed by atoms with E-state index in [1.54, 1.807) is 24.3 Å². The summed E-state index contributed by atoms with van der Waals surface area (Å²) < 4.78 is 0. The van der Waals surface area contributed by atoms with Crippen LogP contribution in [0.5, 0.6) is 0 Å². The van der Waals surface area contributed by atoms with Crippen molar-refractivity contribution in [3.8, 4) is 0 Å². The minimum absolute atomic E-state index is 0.00905. The number of benzene rings is 3. The highest BCUT2D eigenvalue weighted by molar-refractivity contribution is 5.95. The standard InChI is InChI=1S/C23H22N2O2/c1-17(26)18-12-14-21(15-13-18)25-22(27)16-24-23(19-8-4-2-5-9-19)20-10-6-3-7-11-20/h2-15,23-24H,16H2,1H3,(H,25,27)/p+1. The van der Waals surface area contributed by atoms with Crippen molar-refractivity contribution in [2.75, 3.05) is 11.9 Å². The zero-order valence-electron chi connectivity index (χ0n) is 15.3. The van der Waals surface area contributed by atoms with E-state index in [0.29, 0.717) is 17.8 Å². The Kier molecular flexibility index (Phi) is 6.13. The number of hydrogen-bond donors (Lipinski definition) is 2. The molecule has 1 amide bonds. The predicted molar refractivity (Wildman–Crippen MR) is 107 cm³/mol. The van der Waals surface area contributed by atoms with Crippen LogP contribution in [-0.2, 0) is 4.79 Å². The summed E-state index contributed by atoms with van der Waals surface area (Å²) in [6.07, 6.45) is 0. The molecule has 4 nitrogen and oxygen atoms in total. The van der Waals surface area contributed by atoms with Gasteiger partial charge in [-0.1, -0.05) is 60.7 Å². The molecule has 0 spiro atoms. The highest BCUT2D eigenvalue weighted by Crippen LogP contribution is 2.17. The van der Waals surface area contributed by atoms with Crippen LogP contribution in [0, 0.1) is 0 Å². The zero-order valence-corrected chi connectivity index (χ0v) is 15.3. The minimum atomic E-state index is -0.0811. The van der Waals surface area contributed by atoms with Gasteiger partial charge >= 0.3 is 0 Å². The van der Waals surface area contributed by atoms with Gasteiger partial charge in [-0.15, -0.1) is 0 Å². The van der Waals surface area contributed by atoms with Gasteiger partial charge in [0, 0.05) is 22.4 Å². The molecule has 0 aliphatic rings. The molecule has 0 saturated carbocycles. The van der Waals surface area contributed by atoms with E-state index in [2.05, 4.69) is 29.6 Å². The Bertz CT molecular complexity index is 851. The second kappa shape index (κ2) is 8.92. The third-order valence-corrected chi connectivity index (χ3v) is 4.43. The summed E-state index contributed by atoms with van der Waals surface area (Å²) in [5, 5.41) is 4.92. The smallest absolute Gasteiger partial charge is 0.279 e. The maximum Gasteiger partial charge on any atom is 0.279 e. The van der Waals surface area contributed by atoms with Gasteiger partial charge in [0.25, 0.3) is 5.91 Å². The van der Waals surface area contributed by atoms with Gasteiger partial charge in [0.2, 0.25) is 0 Å². The lowest BCUT2D eigenvalue weighted by Crippen LogP contribution is -2.87. The fourth-order valence-corrected chi connectivity index (χ4v) is 3.01. The van der Waals surface area contributed by atoms with Crippen molar-refractivity contribution in [1.29, 1.82) is 0 Å². The molecule has 27 heavy (non-hydrogen) atoms. The Morgan fingerprint density at radius 2 is 1.33 bits per heavy atom. The molecule has 136 valence electrons. The first-order chi connectivity index (χ1) is 13.1. The molecule has 3 aromatic rings. The summed E-state index contributed by atoms with van der Waals surface area (Å²) >= 11 is 0. The van der Waals surface area contributed by atoms with Crippen LogP contribution in [-0.4, -0.2) is 18.2 Å². The van der Waals surface area contributed by atoms with Gasteiger partial charge < -0.3 is 10.6 Å². The SMILES string of the molecule is CC(=O)c1ccc(NC(=O)C[NH2+]C(c2ccccc2)c2ccccc2)cc1. The van der Waals surface area contributed by atoms with Crippen LogP contribution in [0.3, 0.4) is 0 Å². The van der Waals surface area contributed by atoms with Gasteiger partial charge in [0.05, 0.1) is 0 Å². The lowest BCUT2D eigenvalue weighted by molar-refractivity contribution is -0.676. The van der Waals surface area contributed by atoms with Crippen molar-refractivity contribution in [3.63, 3.8) is 0 Å². The van der Waals surface area contributed by atoms with Crippen LogP contribution in [0.2, 0.25) is 0 Å². The molecular weight excluding hydrogens is 336 g/mol. The van der Waals surface area contributed by atoms with E-state index >= 15 is 0 Å². The van der Waals surface area contributed by atoms with E-state index in [0.717, 1.165) is 11.1 Å². The Labute approximate surface area is 159 Å². The summed E-state index contributed by atoms with van der Waals surface area (Å²) in [4.78, 5) is 23.7. The van der Waals surface area contributed by atoms with Gasteiger partial charge in [-0.25, -0.2) is 0 Å². The Morgan fingerprint density at radius 3 is 1.81 bits per heavy atom. The minimum Gasteiger partial charge on any atom is -0.328 e. The maximum absolute atomic E-state index is 12.4. The number of hydrogen-bond acceptors (Lipinski definition) is 2. The van der Waals surface area contributed by atoms with Crippen molar-refractivity contribution >= 4 is 17.4 Å². The number of amides is 1. The van der Waals surface area contributed by atoms with Gasteiger partial charge in [-0.3, -0.25) is 9.59 Å². The molecule has 0 heterocycles. The first kappa shape index (κ1) is 18.5. The quantitative estimate of drug-likeness (QED) is 0.637. The van der Waals surface area contributed by atoms with Crippen molar-refractivity contribution in [3.05, 3.63) is 102 Å². The molecule has 0 aliphatic heterocycles. The molecule has 3 rings (SSSR count). The van der Waals surface area contributed by atoms with Crippen molar-refractivity contribution in [1.82, 2.24) is 0 Å². The summed E-state index contributed by atoms with van der Waals surface area (Å²) in [6.45, 7) is 1.82. The number of Topliss-reactive ketones (excluding diaryl/α,β-unsaturated/α-hetero) is 1. The summed E-state index contributed by atoms with van der Waals surface area (Å²) in [5.41, 5.74) is 3.63. The van der Waals surface area contributed by atoms with E-state index in [1.165, 1.54) is 6.92 Å². The second-order valence-electron chi connectivity index (χ2n) is 6.42. The molecule has 0 unspecified atom stereocenters. The van der Waals surface area contributed by atoms with Crippen LogP contribution in [0.25, 0.3) is 0 Å². The normalized spacial score (nSPS) is 10.6. The third-order valence-electron chi connectivity index (χ3n) is 4.43. The number of quaternary nitrogens is 1. The second-order valence-corrected chi connectivity index (χ2v) is 6.42. The summed E-state index contributed by atoms with van der Waals surface area (Å²) in [6, 6.07) is 27.3. The summed E-state index contributed by atoms with van der Waals surface area (Å²) in [5.74, 6) is -0.0720. The topological polar surface area (TPSA) is 62.8 Å². The lowest BCUT2D eigenvalue weighted by Gasteiger charge is -2.16. The molecule has 3 aromatic carbocycles. The Balaban J connectivity index is 1.66. The molecule has 3 N–H and O–H groups in total. The van der Waals surface area contributed by atoms with E-state index in [1.807, 2.05) is 41.7 Å². The van der Waals surface area contributed by atoms with Crippen LogP contribution in [0.15, 0.2) is 84.9 Å². The van der Waals surface area contributed by atoms with E-state index in [4.69, 9.17) is 0 Å². The third kappa shape index (κ3) is 5.12. The highest BCUT2D eigenvalue weighted by Gasteiger charge is 2.18. The van der Waals surface area contributed by atoms with E-state index < -0.39 is 0 Å². The van der Waals surface area contributed by atoms with Crippen molar-refractivity contribution in [2.24, 2.45) is 0 Å². The number of carbonyl (C=O) groups is 2. The lowest BCUT2D eigenvalue weighted by atomic mass is 9.99. The van der Waals surface area contributed by atoms with Crippen molar-refractivity contribution in [2.45, 2.75) is 13.0 Å². The number of nitrogens with one attached hydrogen (secondary N) is 1. The monoisotopic (exact) mass is 359 g/mol. The van der Waals surface area contributed by atoms with Crippen LogP contribution in [0.1, 0.15) is 34.5 Å². The number of ketones is 1. The maximum atomic E-state index is 12.4. The molecule has 0 fully saturated rings. The zero-order chi connectivity index (χ0) is 19.1. The predicted octanol–water partition coefficient (Wildman–Crippen LogP) is 3.18. The molecule has 0 radical (unpaired) electrons. The van der Waals surface area contributed by atoms with Crippen LogP contribution >= 0.6 is 0 Å². The largest absolute Gasteiger partial charge is 0.328 e. The van der Waals surface area contributed by atoms with E-state index in [-0.39, 0.29) is 17.7 Å². The van der Waals surface area contributed by atoms with Crippen LogP contribution in [0.4, 0.5) is 5.69 Å². The van der Waals surface area contributed by atoms with Gasteiger partial charge in [-0.05, 0) is 31.2 Å². The van der Waals surface area contributed by atoms with E-state index in [9.17, 15) is 9.59 Å². The molecule has 0 bridgehead atoms. The molecule has 0 saturated heterocycles. The number of rotatable bonds is 7. The molecular formula is C23H23N2O2+. The van der Waals surface area contributed by atoms with Gasteiger partial charge in [-0.2, -0.15) is 0 Å². The molecule has 0 aliphatic carbocycles. The van der Waals surface area contributed by atoms with Gasteiger partial charge in [0.1, 0.15) is 6.04 Å². The van der Waals surface area contributed by atoms with Gasteiger partial charge in [0.15, 0.2) is 12.3 Å². The fourth-order valence-electron chi connectivity index (χ4n) is 3.01. The first-order valence-electron chi connectivity index (χ1n) is 8.97. The number of nitrogens with two attached hydrogens (primary N) is 1. The first-order valence-corrected chi connectivity index (χ1v) is 8.97. The molecule has 0 atom stereocenters. The number of carbonyl (C=O) groups excluding carboxylic acids is 2.